The Morgan fingerprint density at radius 1 is 1.45 bits per heavy atom. The predicted molar refractivity (Wildman–Crippen MR) is 79.1 cm³/mol. The van der Waals surface area contributed by atoms with Gasteiger partial charge in [-0.1, -0.05) is 36.2 Å². The number of carbonyl (C=O) groups is 2. The van der Waals surface area contributed by atoms with Gasteiger partial charge in [-0.3, -0.25) is 9.59 Å². The molecule has 6 heteroatoms. The zero-order chi connectivity index (χ0) is 14.7. The lowest BCUT2D eigenvalue weighted by molar-refractivity contribution is -0.125. The van der Waals surface area contributed by atoms with Crippen molar-refractivity contribution in [2.24, 2.45) is 0 Å². The van der Waals surface area contributed by atoms with E-state index in [1.54, 1.807) is 18.2 Å². The molecule has 2 amide bonds. The van der Waals surface area contributed by atoms with Crippen molar-refractivity contribution in [3.8, 4) is 0 Å². The highest BCUT2D eigenvalue weighted by Gasteiger charge is 2.27. The first-order valence-corrected chi connectivity index (χ1v) is 7.25. The number of hydrogen-bond donors (Lipinski definition) is 2. The van der Waals surface area contributed by atoms with Gasteiger partial charge in [0.05, 0.1) is 0 Å². The van der Waals surface area contributed by atoms with Crippen molar-refractivity contribution in [1.82, 2.24) is 10.6 Å². The third-order valence-electron chi connectivity index (χ3n) is 3.39. The van der Waals surface area contributed by atoms with E-state index in [0.717, 1.165) is 5.56 Å². The molecule has 1 aliphatic heterocycles. The molecule has 108 valence electrons. The molecule has 4 nitrogen and oxygen atoms in total. The van der Waals surface area contributed by atoms with Crippen LogP contribution in [0.4, 0.5) is 0 Å². The lowest BCUT2D eigenvalue weighted by Crippen LogP contribution is -2.42. The SMILES string of the molecule is C[C@H](CNC(=O)[C@@H]1CCC(=O)N1)c1c(Cl)cccc1Cl. The minimum absolute atomic E-state index is 0.00254. The van der Waals surface area contributed by atoms with Crippen molar-refractivity contribution < 1.29 is 9.59 Å². The van der Waals surface area contributed by atoms with E-state index in [1.807, 2.05) is 6.92 Å². The van der Waals surface area contributed by atoms with Gasteiger partial charge in [0, 0.05) is 28.9 Å². The molecule has 0 spiro atoms. The van der Waals surface area contributed by atoms with Crippen molar-refractivity contribution in [2.75, 3.05) is 6.54 Å². The minimum atomic E-state index is -0.420. The van der Waals surface area contributed by atoms with Crippen LogP contribution < -0.4 is 10.6 Å². The summed E-state index contributed by atoms with van der Waals surface area (Å²) >= 11 is 12.3. The van der Waals surface area contributed by atoms with E-state index < -0.39 is 6.04 Å². The average Bonchev–Trinajstić information content (AvgIpc) is 2.82. The Balaban J connectivity index is 1.93. The number of amides is 2. The lowest BCUT2D eigenvalue weighted by atomic mass is 10.0. The second kappa shape index (κ2) is 6.46. The second-order valence-electron chi connectivity index (χ2n) is 4.94. The molecular weight excluding hydrogens is 299 g/mol. The fourth-order valence-electron chi connectivity index (χ4n) is 2.27. The number of hydrogen-bond acceptors (Lipinski definition) is 2. The molecule has 1 fully saturated rings. The van der Waals surface area contributed by atoms with Crippen LogP contribution in [0.1, 0.15) is 31.2 Å². The average molecular weight is 315 g/mol. The van der Waals surface area contributed by atoms with Gasteiger partial charge in [-0.15, -0.1) is 0 Å². The van der Waals surface area contributed by atoms with Crippen molar-refractivity contribution in [2.45, 2.75) is 31.7 Å². The third kappa shape index (κ3) is 3.44. The highest BCUT2D eigenvalue weighted by atomic mass is 35.5. The maximum absolute atomic E-state index is 11.9. The largest absolute Gasteiger partial charge is 0.354 e. The van der Waals surface area contributed by atoms with Gasteiger partial charge in [-0.2, -0.15) is 0 Å². The molecule has 2 atom stereocenters. The summed E-state index contributed by atoms with van der Waals surface area (Å²) in [7, 11) is 0. The fraction of sp³-hybridized carbons (Fsp3) is 0.429. The molecule has 1 heterocycles. The van der Waals surface area contributed by atoms with E-state index in [-0.39, 0.29) is 17.7 Å². The Kier molecular flexibility index (Phi) is 4.89. The van der Waals surface area contributed by atoms with Crippen LogP contribution in [0.5, 0.6) is 0 Å². The molecule has 0 bridgehead atoms. The van der Waals surface area contributed by atoms with Crippen LogP contribution in [-0.4, -0.2) is 24.4 Å². The van der Waals surface area contributed by atoms with E-state index in [1.165, 1.54) is 0 Å². The van der Waals surface area contributed by atoms with Crippen molar-refractivity contribution in [1.29, 1.82) is 0 Å². The Bertz CT molecular complexity index is 514. The van der Waals surface area contributed by atoms with E-state index in [0.29, 0.717) is 29.4 Å². The molecule has 1 saturated heterocycles. The Labute approximate surface area is 127 Å². The van der Waals surface area contributed by atoms with Gasteiger partial charge < -0.3 is 10.6 Å². The topological polar surface area (TPSA) is 58.2 Å². The minimum Gasteiger partial charge on any atom is -0.354 e. The highest BCUT2D eigenvalue weighted by molar-refractivity contribution is 6.36. The Morgan fingerprint density at radius 3 is 2.65 bits per heavy atom. The van der Waals surface area contributed by atoms with Crippen molar-refractivity contribution >= 4 is 35.0 Å². The summed E-state index contributed by atoms with van der Waals surface area (Å²) in [5.74, 6) is -0.240. The summed E-state index contributed by atoms with van der Waals surface area (Å²) in [6.07, 6.45) is 0.954. The quantitative estimate of drug-likeness (QED) is 0.897. The molecule has 20 heavy (non-hydrogen) atoms. The van der Waals surface area contributed by atoms with Gasteiger partial charge in [-0.05, 0) is 24.1 Å². The van der Waals surface area contributed by atoms with Gasteiger partial charge in [0.25, 0.3) is 0 Å². The lowest BCUT2D eigenvalue weighted by Gasteiger charge is -2.17. The summed E-state index contributed by atoms with van der Waals surface area (Å²) in [5, 5.41) is 6.65. The van der Waals surface area contributed by atoms with Crippen molar-refractivity contribution in [3.05, 3.63) is 33.8 Å². The number of halogens is 2. The van der Waals surface area contributed by atoms with Crippen LogP contribution in [0.15, 0.2) is 18.2 Å². The van der Waals surface area contributed by atoms with Crippen LogP contribution in [0, 0.1) is 0 Å². The zero-order valence-corrected chi connectivity index (χ0v) is 12.6. The van der Waals surface area contributed by atoms with Crippen LogP contribution in [0.25, 0.3) is 0 Å². The van der Waals surface area contributed by atoms with E-state index >= 15 is 0 Å². The standard InChI is InChI=1S/C14H16Cl2N2O2/c1-8(13-9(15)3-2-4-10(13)16)7-17-14(20)11-5-6-12(19)18-11/h2-4,8,11H,5-7H2,1H3,(H,17,20)(H,18,19)/t8-,11+/m1/s1. The zero-order valence-electron chi connectivity index (χ0n) is 11.1. The van der Waals surface area contributed by atoms with Crippen molar-refractivity contribution in [3.63, 3.8) is 0 Å². The fourth-order valence-corrected chi connectivity index (χ4v) is 3.04. The summed E-state index contributed by atoms with van der Waals surface area (Å²) in [5.41, 5.74) is 0.826. The maximum atomic E-state index is 11.9. The number of carbonyl (C=O) groups excluding carboxylic acids is 2. The van der Waals surface area contributed by atoms with E-state index in [4.69, 9.17) is 23.2 Å². The molecule has 0 unspecified atom stereocenters. The summed E-state index contributed by atoms with van der Waals surface area (Å²) in [6, 6.07) is 4.92. The van der Waals surface area contributed by atoms with Gasteiger partial charge >= 0.3 is 0 Å². The first kappa shape index (κ1) is 15.1. The van der Waals surface area contributed by atoms with Gasteiger partial charge in [0.15, 0.2) is 0 Å². The molecule has 1 aliphatic rings. The van der Waals surface area contributed by atoms with Crippen LogP contribution >= 0.6 is 23.2 Å². The second-order valence-corrected chi connectivity index (χ2v) is 5.75. The molecule has 0 aromatic heterocycles. The molecule has 0 aliphatic carbocycles. The van der Waals surface area contributed by atoms with Crippen LogP contribution in [0.3, 0.4) is 0 Å². The molecule has 1 aromatic carbocycles. The predicted octanol–water partition coefficient (Wildman–Crippen LogP) is 2.49. The smallest absolute Gasteiger partial charge is 0.242 e. The number of rotatable bonds is 4. The van der Waals surface area contributed by atoms with Gasteiger partial charge in [-0.25, -0.2) is 0 Å². The monoisotopic (exact) mass is 314 g/mol. The molecule has 2 rings (SSSR count). The first-order valence-electron chi connectivity index (χ1n) is 6.50. The van der Waals surface area contributed by atoms with E-state index in [9.17, 15) is 9.59 Å². The maximum Gasteiger partial charge on any atom is 0.242 e. The van der Waals surface area contributed by atoms with Gasteiger partial charge in [0.1, 0.15) is 6.04 Å². The Hall–Kier alpha value is -1.26. The molecule has 2 N–H and O–H groups in total. The molecular formula is C14H16Cl2N2O2. The van der Waals surface area contributed by atoms with Gasteiger partial charge in [0.2, 0.25) is 11.8 Å². The highest BCUT2D eigenvalue weighted by Crippen LogP contribution is 2.30. The summed E-state index contributed by atoms with van der Waals surface area (Å²) < 4.78 is 0. The first-order chi connectivity index (χ1) is 9.49. The third-order valence-corrected chi connectivity index (χ3v) is 4.05. The normalized spacial score (nSPS) is 19.6. The molecule has 1 aromatic rings. The molecule has 0 radical (unpaired) electrons. The Morgan fingerprint density at radius 2 is 2.10 bits per heavy atom. The summed E-state index contributed by atoms with van der Waals surface area (Å²) in [4.78, 5) is 23.0. The van der Waals surface area contributed by atoms with E-state index in [2.05, 4.69) is 10.6 Å². The molecule has 0 saturated carbocycles. The van der Waals surface area contributed by atoms with Crippen LogP contribution in [0.2, 0.25) is 10.0 Å². The van der Waals surface area contributed by atoms with Crippen LogP contribution in [-0.2, 0) is 9.59 Å². The number of nitrogens with one attached hydrogen (secondary N) is 2. The summed E-state index contributed by atoms with van der Waals surface area (Å²) in [6.45, 7) is 2.37. The number of benzene rings is 1.